The first-order valence-corrected chi connectivity index (χ1v) is 6.47. The summed E-state index contributed by atoms with van der Waals surface area (Å²) in [5.41, 5.74) is 11.9. The van der Waals surface area contributed by atoms with Crippen molar-refractivity contribution in [1.29, 1.82) is 0 Å². The van der Waals surface area contributed by atoms with Crippen molar-refractivity contribution in [2.24, 2.45) is 0 Å². The number of nitrogens with zero attached hydrogens (tertiary/aromatic N) is 1. The molecule has 1 aliphatic heterocycles. The second kappa shape index (κ2) is 4.16. The molecule has 0 aliphatic carbocycles. The SMILES string of the molecule is Cc1c(N)c(C)c2c(c1CN(C)C)OC(C)(C)C2. The number of anilines is 1. The average molecular weight is 248 g/mol. The van der Waals surface area contributed by atoms with E-state index in [1.54, 1.807) is 0 Å². The van der Waals surface area contributed by atoms with Gasteiger partial charge in [0.25, 0.3) is 0 Å². The monoisotopic (exact) mass is 248 g/mol. The van der Waals surface area contributed by atoms with E-state index in [1.165, 1.54) is 16.7 Å². The Morgan fingerprint density at radius 1 is 1.22 bits per heavy atom. The Morgan fingerprint density at radius 2 is 1.83 bits per heavy atom. The highest BCUT2D eigenvalue weighted by Crippen LogP contribution is 2.44. The van der Waals surface area contributed by atoms with Crippen LogP contribution < -0.4 is 10.5 Å². The Labute approximate surface area is 110 Å². The van der Waals surface area contributed by atoms with E-state index in [-0.39, 0.29) is 5.60 Å². The molecule has 1 aliphatic rings. The first kappa shape index (κ1) is 13.2. The number of hydrogen-bond donors (Lipinski definition) is 1. The van der Waals surface area contributed by atoms with Crippen molar-refractivity contribution in [3.8, 4) is 5.75 Å². The molecule has 100 valence electrons. The number of nitrogens with two attached hydrogens (primary N) is 1. The van der Waals surface area contributed by atoms with Crippen molar-refractivity contribution in [3.05, 3.63) is 22.3 Å². The predicted molar refractivity (Wildman–Crippen MR) is 76.1 cm³/mol. The Hall–Kier alpha value is -1.22. The largest absolute Gasteiger partial charge is 0.487 e. The molecule has 0 saturated heterocycles. The Morgan fingerprint density at radius 3 is 2.39 bits per heavy atom. The molecule has 3 heteroatoms. The molecule has 1 heterocycles. The van der Waals surface area contributed by atoms with E-state index in [0.29, 0.717) is 0 Å². The van der Waals surface area contributed by atoms with E-state index in [4.69, 9.17) is 10.5 Å². The summed E-state index contributed by atoms with van der Waals surface area (Å²) in [4.78, 5) is 2.16. The van der Waals surface area contributed by atoms with Gasteiger partial charge in [0.15, 0.2) is 0 Å². The highest BCUT2D eigenvalue weighted by atomic mass is 16.5. The minimum Gasteiger partial charge on any atom is -0.487 e. The number of rotatable bonds is 2. The molecule has 2 rings (SSSR count). The Kier molecular flexibility index (Phi) is 3.06. The maximum absolute atomic E-state index is 6.25. The van der Waals surface area contributed by atoms with E-state index in [2.05, 4.69) is 46.7 Å². The van der Waals surface area contributed by atoms with Crippen LogP contribution in [0.5, 0.6) is 5.75 Å². The van der Waals surface area contributed by atoms with Gasteiger partial charge in [-0.3, -0.25) is 0 Å². The number of hydrogen-bond acceptors (Lipinski definition) is 3. The normalized spacial score (nSPS) is 16.8. The van der Waals surface area contributed by atoms with Crippen LogP contribution >= 0.6 is 0 Å². The summed E-state index contributed by atoms with van der Waals surface area (Å²) in [7, 11) is 4.14. The van der Waals surface area contributed by atoms with Crippen molar-refractivity contribution >= 4 is 5.69 Å². The number of fused-ring (bicyclic) bond motifs is 1. The van der Waals surface area contributed by atoms with Crippen LogP contribution in [0.3, 0.4) is 0 Å². The molecule has 0 bridgehead atoms. The molecular formula is C15H24N2O. The van der Waals surface area contributed by atoms with Gasteiger partial charge in [-0.1, -0.05) is 0 Å². The Bertz CT molecular complexity index is 490. The third kappa shape index (κ3) is 2.07. The van der Waals surface area contributed by atoms with Crippen molar-refractivity contribution in [2.45, 2.75) is 46.3 Å². The molecule has 1 aromatic rings. The second-order valence-electron chi connectivity index (χ2n) is 6.23. The van der Waals surface area contributed by atoms with Gasteiger partial charge in [0.05, 0.1) is 0 Å². The zero-order chi connectivity index (χ0) is 13.7. The van der Waals surface area contributed by atoms with Gasteiger partial charge in [0, 0.05) is 29.8 Å². The van der Waals surface area contributed by atoms with Gasteiger partial charge in [0.1, 0.15) is 11.4 Å². The molecule has 0 spiro atoms. The maximum atomic E-state index is 6.25. The smallest absolute Gasteiger partial charge is 0.128 e. The van der Waals surface area contributed by atoms with Gasteiger partial charge >= 0.3 is 0 Å². The molecule has 18 heavy (non-hydrogen) atoms. The maximum Gasteiger partial charge on any atom is 0.128 e. The standard InChI is InChI=1S/C15H24N2O/c1-9-11-7-15(3,4)18-14(11)12(8-17(5)6)10(2)13(9)16/h7-8,16H2,1-6H3. The third-order valence-corrected chi connectivity index (χ3v) is 3.72. The number of ether oxygens (including phenoxy) is 1. The minimum absolute atomic E-state index is 0.117. The van der Waals surface area contributed by atoms with Crippen molar-refractivity contribution in [3.63, 3.8) is 0 Å². The van der Waals surface area contributed by atoms with Crippen LogP contribution in [0, 0.1) is 13.8 Å². The van der Waals surface area contributed by atoms with Gasteiger partial charge in [-0.2, -0.15) is 0 Å². The average Bonchev–Trinajstić information content (AvgIpc) is 2.57. The third-order valence-electron chi connectivity index (χ3n) is 3.72. The fraction of sp³-hybridized carbons (Fsp3) is 0.600. The predicted octanol–water partition coefficient (Wildman–Crippen LogP) is 2.66. The van der Waals surface area contributed by atoms with Crippen LogP contribution in [0.15, 0.2) is 0 Å². The van der Waals surface area contributed by atoms with Crippen LogP contribution in [-0.4, -0.2) is 24.6 Å². The molecule has 1 aromatic carbocycles. The van der Waals surface area contributed by atoms with Crippen molar-refractivity contribution in [1.82, 2.24) is 4.90 Å². The van der Waals surface area contributed by atoms with Crippen LogP contribution in [0.1, 0.15) is 36.1 Å². The highest BCUT2D eigenvalue weighted by molar-refractivity contribution is 5.66. The fourth-order valence-corrected chi connectivity index (χ4v) is 2.71. The quantitative estimate of drug-likeness (QED) is 0.818. The Balaban J connectivity index is 2.62. The van der Waals surface area contributed by atoms with Gasteiger partial charge < -0.3 is 15.4 Å². The van der Waals surface area contributed by atoms with E-state index in [0.717, 1.165) is 30.0 Å². The van der Waals surface area contributed by atoms with Crippen LogP contribution in [0.4, 0.5) is 5.69 Å². The minimum atomic E-state index is -0.117. The zero-order valence-electron chi connectivity index (χ0n) is 12.3. The molecule has 0 saturated carbocycles. The first-order valence-electron chi connectivity index (χ1n) is 6.47. The summed E-state index contributed by atoms with van der Waals surface area (Å²) in [6, 6.07) is 0. The van der Waals surface area contributed by atoms with Gasteiger partial charge in [-0.15, -0.1) is 0 Å². The van der Waals surface area contributed by atoms with Crippen molar-refractivity contribution < 1.29 is 4.74 Å². The summed E-state index contributed by atoms with van der Waals surface area (Å²) in [5.74, 6) is 1.07. The second-order valence-corrected chi connectivity index (χ2v) is 6.23. The summed E-state index contributed by atoms with van der Waals surface area (Å²) >= 11 is 0. The van der Waals surface area contributed by atoms with E-state index in [1.807, 2.05) is 0 Å². The number of nitrogen functional groups attached to an aromatic ring is 1. The highest BCUT2D eigenvalue weighted by Gasteiger charge is 2.34. The number of benzene rings is 1. The van der Waals surface area contributed by atoms with Crippen LogP contribution in [-0.2, 0) is 13.0 Å². The van der Waals surface area contributed by atoms with Gasteiger partial charge in [-0.05, 0) is 52.9 Å². The van der Waals surface area contributed by atoms with Crippen molar-refractivity contribution in [2.75, 3.05) is 19.8 Å². The lowest BCUT2D eigenvalue weighted by molar-refractivity contribution is 0.136. The van der Waals surface area contributed by atoms with Gasteiger partial charge in [0.2, 0.25) is 0 Å². The summed E-state index contributed by atoms with van der Waals surface area (Å²) < 4.78 is 6.16. The van der Waals surface area contributed by atoms with E-state index >= 15 is 0 Å². The first-order chi connectivity index (χ1) is 8.23. The molecule has 0 fully saturated rings. The zero-order valence-corrected chi connectivity index (χ0v) is 12.3. The summed E-state index contributed by atoms with van der Waals surface area (Å²) in [6.45, 7) is 9.34. The molecule has 3 nitrogen and oxygen atoms in total. The topological polar surface area (TPSA) is 38.5 Å². The van der Waals surface area contributed by atoms with Crippen LogP contribution in [0.25, 0.3) is 0 Å². The van der Waals surface area contributed by atoms with E-state index in [9.17, 15) is 0 Å². The van der Waals surface area contributed by atoms with Crippen LogP contribution in [0.2, 0.25) is 0 Å². The molecule has 0 radical (unpaired) electrons. The lowest BCUT2D eigenvalue weighted by Gasteiger charge is -2.21. The molecule has 0 unspecified atom stereocenters. The lowest BCUT2D eigenvalue weighted by atomic mass is 9.92. The fourth-order valence-electron chi connectivity index (χ4n) is 2.71. The molecular weight excluding hydrogens is 224 g/mol. The molecule has 0 atom stereocenters. The summed E-state index contributed by atoms with van der Waals surface area (Å²) in [5, 5.41) is 0. The molecule has 0 aromatic heterocycles. The molecule has 0 amide bonds. The summed E-state index contributed by atoms with van der Waals surface area (Å²) in [6.07, 6.45) is 0.944. The lowest BCUT2D eigenvalue weighted by Crippen LogP contribution is -2.25. The molecule has 2 N–H and O–H groups in total. The van der Waals surface area contributed by atoms with Gasteiger partial charge in [-0.25, -0.2) is 0 Å². The van der Waals surface area contributed by atoms with E-state index < -0.39 is 0 Å².